The lowest BCUT2D eigenvalue weighted by Gasteiger charge is -2.28. The summed E-state index contributed by atoms with van der Waals surface area (Å²) in [5.74, 6) is 0.667. The second-order valence-corrected chi connectivity index (χ2v) is 6.99. The number of hydrogen-bond acceptors (Lipinski definition) is 2. The van der Waals surface area contributed by atoms with E-state index in [1.807, 2.05) is 50.2 Å². The number of aryl methyl sites for hydroxylation is 1. The highest BCUT2D eigenvalue weighted by atomic mass is 35.5. The molecule has 0 aromatic heterocycles. The number of fused-ring (bicyclic) bond motifs is 1. The molecule has 2 atom stereocenters. The van der Waals surface area contributed by atoms with Crippen LogP contribution in [0.5, 0.6) is 5.75 Å². The Balaban J connectivity index is 2.10. The molecule has 0 fully saturated rings. The summed E-state index contributed by atoms with van der Waals surface area (Å²) in [5.41, 5.74) is 1.06. The molecule has 0 saturated heterocycles. The maximum Gasteiger partial charge on any atom is 0.416 e. The highest BCUT2D eigenvalue weighted by Crippen LogP contribution is 2.45. The average Bonchev–Trinajstić information content (AvgIpc) is 2.86. The molecule has 0 N–H and O–H groups in total. The highest BCUT2D eigenvalue weighted by molar-refractivity contribution is 6.30. The van der Waals surface area contributed by atoms with E-state index in [-0.39, 0.29) is 23.0 Å². The molecule has 0 aliphatic heterocycles. The first-order valence-corrected chi connectivity index (χ1v) is 8.34. The number of rotatable bonds is 3. The van der Waals surface area contributed by atoms with Gasteiger partial charge < -0.3 is 9.64 Å². The standard InChI is InChI=1S/C19H19ClF3NO/c1-11-6-4-5-7-17(11)25-18-14-8-12(20)9-15(19(21,22)23)13(14)10-16(18)24(2)3/h4-9,16,18H,10H2,1-3H3/t16-,18-/m0/s1. The number of nitrogens with zero attached hydrogens (tertiary/aromatic N) is 1. The Morgan fingerprint density at radius 3 is 2.44 bits per heavy atom. The monoisotopic (exact) mass is 369 g/mol. The van der Waals surface area contributed by atoms with E-state index in [1.165, 1.54) is 0 Å². The van der Waals surface area contributed by atoms with E-state index in [2.05, 4.69) is 0 Å². The van der Waals surface area contributed by atoms with Crippen molar-refractivity contribution in [3.05, 3.63) is 63.7 Å². The van der Waals surface area contributed by atoms with Crippen LogP contribution in [0.25, 0.3) is 0 Å². The Hall–Kier alpha value is -1.72. The van der Waals surface area contributed by atoms with Crippen molar-refractivity contribution in [3.8, 4) is 5.75 Å². The number of benzene rings is 2. The molecule has 0 spiro atoms. The topological polar surface area (TPSA) is 12.5 Å². The molecule has 0 unspecified atom stereocenters. The summed E-state index contributed by atoms with van der Waals surface area (Å²) >= 11 is 5.99. The van der Waals surface area contributed by atoms with Gasteiger partial charge in [0.1, 0.15) is 11.9 Å². The zero-order chi connectivity index (χ0) is 18.4. The molecule has 3 rings (SSSR count). The zero-order valence-electron chi connectivity index (χ0n) is 14.2. The molecule has 2 aromatic rings. The fourth-order valence-electron chi connectivity index (χ4n) is 3.34. The third-order valence-corrected chi connectivity index (χ3v) is 4.85. The van der Waals surface area contributed by atoms with Gasteiger partial charge in [0.25, 0.3) is 0 Å². The fourth-order valence-corrected chi connectivity index (χ4v) is 3.56. The summed E-state index contributed by atoms with van der Waals surface area (Å²) < 4.78 is 46.5. The smallest absolute Gasteiger partial charge is 0.416 e. The van der Waals surface area contributed by atoms with Crippen LogP contribution >= 0.6 is 11.6 Å². The summed E-state index contributed by atoms with van der Waals surface area (Å²) in [4.78, 5) is 1.90. The summed E-state index contributed by atoms with van der Waals surface area (Å²) in [6.45, 7) is 1.91. The van der Waals surface area contributed by atoms with Gasteiger partial charge in [0.05, 0.1) is 11.6 Å². The van der Waals surface area contributed by atoms with Gasteiger partial charge in [0.2, 0.25) is 0 Å². The van der Waals surface area contributed by atoms with E-state index in [4.69, 9.17) is 16.3 Å². The lowest BCUT2D eigenvalue weighted by atomic mass is 10.0. The maximum absolute atomic E-state index is 13.5. The SMILES string of the molecule is Cc1ccccc1O[C@H]1c2cc(Cl)cc(C(F)(F)F)c2C[C@@H]1N(C)C. The molecule has 0 heterocycles. The van der Waals surface area contributed by atoms with Crippen molar-refractivity contribution in [1.82, 2.24) is 4.90 Å². The Labute approximate surface area is 150 Å². The van der Waals surface area contributed by atoms with Crippen LogP contribution in [-0.2, 0) is 12.6 Å². The second-order valence-electron chi connectivity index (χ2n) is 6.56. The molecule has 134 valence electrons. The van der Waals surface area contributed by atoms with Crippen molar-refractivity contribution in [2.45, 2.75) is 31.7 Å². The maximum atomic E-state index is 13.5. The van der Waals surface area contributed by atoms with Gasteiger partial charge in [0, 0.05) is 5.02 Å². The van der Waals surface area contributed by atoms with Crippen LogP contribution < -0.4 is 4.74 Å². The van der Waals surface area contributed by atoms with Gasteiger partial charge in [-0.05, 0) is 62.3 Å². The molecule has 0 bridgehead atoms. The zero-order valence-corrected chi connectivity index (χ0v) is 14.9. The summed E-state index contributed by atoms with van der Waals surface area (Å²) in [6.07, 6.45) is -4.68. The lowest BCUT2D eigenvalue weighted by Crippen LogP contribution is -2.34. The van der Waals surface area contributed by atoms with Crippen LogP contribution in [0.3, 0.4) is 0 Å². The van der Waals surface area contributed by atoms with Gasteiger partial charge in [-0.15, -0.1) is 0 Å². The Bertz CT molecular complexity index is 789. The van der Waals surface area contributed by atoms with Crippen LogP contribution in [0, 0.1) is 6.92 Å². The summed E-state index contributed by atoms with van der Waals surface area (Å²) in [7, 11) is 3.69. The number of ether oxygens (including phenoxy) is 1. The highest BCUT2D eigenvalue weighted by Gasteiger charge is 2.43. The minimum absolute atomic E-state index is 0.0730. The second kappa shape index (κ2) is 6.54. The molecule has 2 aromatic carbocycles. The molecular weight excluding hydrogens is 351 g/mol. The third-order valence-electron chi connectivity index (χ3n) is 4.63. The molecule has 0 saturated carbocycles. The average molecular weight is 370 g/mol. The molecule has 1 aliphatic carbocycles. The van der Waals surface area contributed by atoms with Crippen LogP contribution in [0.2, 0.25) is 5.02 Å². The van der Waals surface area contributed by atoms with Crippen molar-refractivity contribution in [2.24, 2.45) is 0 Å². The number of halogens is 4. The normalized spacial score (nSPS) is 20.0. The van der Waals surface area contributed by atoms with Gasteiger partial charge in [-0.2, -0.15) is 13.2 Å². The van der Waals surface area contributed by atoms with E-state index >= 15 is 0 Å². The quantitative estimate of drug-likeness (QED) is 0.730. The van der Waals surface area contributed by atoms with Gasteiger partial charge in [-0.3, -0.25) is 0 Å². The number of para-hydroxylation sites is 1. The number of alkyl halides is 3. The molecule has 1 aliphatic rings. The Morgan fingerprint density at radius 2 is 1.84 bits per heavy atom. The molecule has 25 heavy (non-hydrogen) atoms. The van der Waals surface area contributed by atoms with Crippen molar-refractivity contribution in [1.29, 1.82) is 0 Å². The first kappa shape index (κ1) is 18.1. The Morgan fingerprint density at radius 1 is 1.16 bits per heavy atom. The van der Waals surface area contributed by atoms with Crippen LogP contribution in [0.1, 0.15) is 28.4 Å². The van der Waals surface area contributed by atoms with E-state index < -0.39 is 17.8 Å². The molecular formula is C19H19ClF3NO. The first-order valence-electron chi connectivity index (χ1n) is 7.96. The molecule has 0 amide bonds. The predicted molar refractivity (Wildman–Crippen MR) is 92.2 cm³/mol. The van der Waals surface area contributed by atoms with Crippen molar-refractivity contribution in [3.63, 3.8) is 0 Å². The fraction of sp³-hybridized carbons (Fsp3) is 0.368. The third kappa shape index (κ3) is 3.48. The minimum Gasteiger partial charge on any atom is -0.484 e. The van der Waals surface area contributed by atoms with E-state index in [9.17, 15) is 13.2 Å². The van der Waals surface area contributed by atoms with Crippen LogP contribution in [-0.4, -0.2) is 25.0 Å². The van der Waals surface area contributed by atoms with Gasteiger partial charge in [-0.1, -0.05) is 29.8 Å². The van der Waals surface area contributed by atoms with Gasteiger partial charge >= 0.3 is 6.18 Å². The van der Waals surface area contributed by atoms with E-state index in [1.54, 1.807) is 6.07 Å². The number of hydrogen-bond donors (Lipinski definition) is 0. The molecule has 6 heteroatoms. The Kier molecular flexibility index (Phi) is 4.73. The van der Waals surface area contributed by atoms with Gasteiger partial charge in [0.15, 0.2) is 0 Å². The predicted octanol–water partition coefficient (Wildman–Crippen LogP) is 5.27. The first-order chi connectivity index (χ1) is 11.7. The van der Waals surface area contributed by atoms with Crippen molar-refractivity contribution in [2.75, 3.05) is 14.1 Å². The van der Waals surface area contributed by atoms with Crippen LogP contribution in [0.4, 0.5) is 13.2 Å². The molecule has 2 nitrogen and oxygen atoms in total. The van der Waals surface area contributed by atoms with E-state index in [0.717, 1.165) is 11.6 Å². The summed E-state index contributed by atoms with van der Waals surface area (Å²) in [5, 5.41) is 0.0730. The van der Waals surface area contributed by atoms with Crippen molar-refractivity contribution < 1.29 is 17.9 Å². The van der Waals surface area contributed by atoms with Crippen LogP contribution in [0.15, 0.2) is 36.4 Å². The van der Waals surface area contributed by atoms with Crippen molar-refractivity contribution >= 4 is 11.6 Å². The lowest BCUT2D eigenvalue weighted by molar-refractivity contribution is -0.138. The van der Waals surface area contributed by atoms with E-state index in [0.29, 0.717) is 11.3 Å². The summed E-state index contributed by atoms with van der Waals surface area (Å²) in [6, 6.07) is 9.88. The van der Waals surface area contributed by atoms with Gasteiger partial charge in [-0.25, -0.2) is 0 Å². The minimum atomic E-state index is -4.44. The largest absolute Gasteiger partial charge is 0.484 e. The number of likely N-dealkylation sites (N-methyl/N-ethyl adjacent to an activating group) is 1. The molecule has 0 radical (unpaired) electrons.